The summed E-state index contributed by atoms with van der Waals surface area (Å²) in [6.07, 6.45) is 0. The van der Waals surface area contributed by atoms with Crippen LogP contribution in [0.4, 0.5) is 0 Å². The van der Waals surface area contributed by atoms with Gasteiger partial charge in [-0.2, -0.15) is 4.31 Å². The van der Waals surface area contributed by atoms with Crippen molar-refractivity contribution in [2.45, 2.75) is 0 Å². The van der Waals surface area contributed by atoms with Gasteiger partial charge in [-0.1, -0.05) is 0 Å². The Bertz CT molecular complexity index is 181. The van der Waals surface area contributed by atoms with Crippen LogP contribution in [-0.4, -0.2) is 19.6 Å². The zero-order valence-electron chi connectivity index (χ0n) is 12.3. The van der Waals surface area contributed by atoms with E-state index in [9.17, 15) is 9.13 Å². The van der Waals surface area contributed by atoms with Crippen molar-refractivity contribution in [3.63, 3.8) is 0 Å². The molecule has 0 bridgehead atoms. The number of hydrogen-bond donors (Lipinski definition) is 4. The molecular weight excluding hydrogens is 317 g/mol. The van der Waals surface area contributed by atoms with E-state index in [-0.39, 0.29) is 158 Å². The maximum absolute atomic E-state index is 9.63. The molecule has 72 valence electrons. The van der Waals surface area contributed by atoms with Crippen molar-refractivity contribution < 1.29 is 179 Å². The number of halogens is 1. The maximum Gasteiger partial charge on any atom is 1.00 e. The van der Waals surface area contributed by atoms with Crippen molar-refractivity contribution in [3.05, 3.63) is 0 Å². The molecule has 0 saturated carbocycles. The largest absolute Gasteiger partial charge is 1.00 e. The average Bonchev–Trinajstić information content (AvgIpc) is 1.14. The van der Waals surface area contributed by atoms with Crippen LogP contribution in [0.5, 0.6) is 0 Å². The third-order valence-electron chi connectivity index (χ3n) is 0.213. The zero-order valence-corrected chi connectivity index (χ0v) is 20.0. The van der Waals surface area contributed by atoms with Gasteiger partial charge in [0.25, 0.3) is 0 Å². The third-order valence-corrected chi connectivity index (χ3v) is 1.91. The molecule has 0 unspecified atom stereocenters. The number of hydrogen-bond acceptors (Lipinski definition) is 3. The minimum atomic E-state index is -5.05. The first kappa shape index (κ1) is 36.5. The van der Waals surface area contributed by atoms with Gasteiger partial charge in [0.15, 0.2) is 0 Å². The quantitative estimate of drug-likeness (QED) is 0.293. The summed E-state index contributed by atoms with van der Waals surface area (Å²) in [6, 6.07) is 0. The van der Waals surface area contributed by atoms with Gasteiger partial charge in [0, 0.05) is 0 Å². The monoisotopic (exact) mass is 326 g/mol. The van der Waals surface area contributed by atoms with Crippen LogP contribution in [0.2, 0.25) is 0 Å². The van der Waals surface area contributed by atoms with E-state index in [1.54, 1.807) is 0 Å². The molecule has 0 aliphatic carbocycles. The topological polar surface area (TPSA) is 124 Å². The predicted molar refractivity (Wildman–Crippen MR) is 36.9 cm³/mol. The van der Waals surface area contributed by atoms with E-state index in [4.69, 9.17) is 19.6 Å². The second-order valence-corrected chi connectivity index (χ2v) is 3.68. The van der Waals surface area contributed by atoms with Crippen molar-refractivity contribution in [2.24, 2.45) is 0 Å². The molecule has 0 radical (unpaired) electrons. The summed E-state index contributed by atoms with van der Waals surface area (Å²) >= 11 is 0. The van der Waals surface area contributed by atoms with E-state index < -0.39 is 15.6 Å². The van der Waals surface area contributed by atoms with Gasteiger partial charge in [-0.3, -0.25) is 0 Å². The molecule has 0 aromatic carbocycles. The van der Waals surface area contributed by atoms with E-state index in [0.29, 0.717) is 0 Å². The predicted octanol–water partition coefficient (Wildman–Crippen LogP) is -11.9. The fourth-order valence-electron chi connectivity index (χ4n) is 0.139. The molecule has 4 N–H and O–H groups in total. The zero-order chi connectivity index (χ0) is 7.71. The van der Waals surface area contributed by atoms with Crippen LogP contribution >= 0.6 is 28.1 Å². The summed E-state index contributed by atoms with van der Waals surface area (Å²) in [4.78, 5) is 31.0. The molecule has 0 aromatic heterocycles. The molecule has 0 saturated heterocycles. The summed E-state index contributed by atoms with van der Waals surface area (Å²) in [5, 5.41) is 0. The van der Waals surface area contributed by atoms with Crippen LogP contribution < -0.4 is 140 Å². The Morgan fingerprint density at radius 1 is 0.857 bits per heavy atom. The van der Waals surface area contributed by atoms with Gasteiger partial charge >= 0.3 is 156 Å². The fourth-order valence-corrected chi connectivity index (χ4v) is 1.25. The van der Waals surface area contributed by atoms with Gasteiger partial charge < -0.3 is 25.3 Å². The normalized spacial score (nSPS) is 8.86. The van der Waals surface area contributed by atoms with Gasteiger partial charge in [0.1, 0.15) is 0 Å². The van der Waals surface area contributed by atoms with Gasteiger partial charge in [-0.05, 0) is 0 Å². The van der Waals surface area contributed by atoms with Gasteiger partial charge in [-0.15, -0.1) is 12.4 Å². The number of phosphoric acid groups is 2. The molecule has 0 spiro atoms. The summed E-state index contributed by atoms with van der Waals surface area (Å²) < 4.78 is 22.2. The Morgan fingerprint density at radius 2 is 1.00 bits per heavy atom. The first-order valence-corrected chi connectivity index (χ1v) is 4.59. The summed E-state index contributed by atoms with van der Waals surface area (Å²) in [5.41, 5.74) is 0. The first-order valence-electron chi connectivity index (χ1n) is 1.53. The van der Waals surface area contributed by atoms with Gasteiger partial charge in [0.2, 0.25) is 0 Å². The Kier molecular flexibility index (Phi) is 42.3. The minimum absolute atomic E-state index is 0. The van der Waals surface area contributed by atoms with E-state index in [2.05, 4.69) is 4.31 Å². The van der Waals surface area contributed by atoms with Crippen LogP contribution in [0.3, 0.4) is 0 Å². The van der Waals surface area contributed by atoms with E-state index in [0.717, 1.165) is 0 Å². The first-order chi connectivity index (χ1) is 3.71. The molecule has 0 fully saturated rings. The molecule has 0 heterocycles. The second-order valence-electron chi connectivity index (χ2n) is 1.06. The SMILES string of the molecule is Cl.O=P(O)(O)OP(=O)(O)O.[H-].[H-].[H-].[H-].[K+].[Na+].[Na+].[Na+]. The van der Waals surface area contributed by atoms with E-state index >= 15 is 0 Å². The Morgan fingerprint density at radius 3 is 1.00 bits per heavy atom. The fraction of sp³-hybridized carbons (Fsp3) is 0. The molecule has 0 aliphatic heterocycles. The molecule has 7 nitrogen and oxygen atoms in total. The molecule has 14 heteroatoms. The molecule has 14 heavy (non-hydrogen) atoms. The van der Waals surface area contributed by atoms with Gasteiger partial charge in [-0.25, -0.2) is 9.13 Å². The van der Waals surface area contributed by atoms with Crippen molar-refractivity contribution in [1.82, 2.24) is 0 Å². The Balaban J connectivity index is -0.00000000889. The summed E-state index contributed by atoms with van der Waals surface area (Å²) in [6.45, 7) is 0. The Hall–Kier alpha value is 5.19. The van der Waals surface area contributed by atoms with Crippen LogP contribution in [-0.2, 0) is 13.4 Å². The average molecular weight is 327 g/mol. The van der Waals surface area contributed by atoms with Crippen LogP contribution in [0, 0.1) is 0 Å². The molecule has 0 aliphatic rings. The summed E-state index contributed by atoms with van der Waals surface area (Å²) in [5.74, 6) is 0. The standard InChI is InChI=1S/ClH.K.3Na.H4O7P2.4H/c;;;;;1-8(2,3)7-9(4,5)6;;;;/h1H;;;;;(H2,1,2,3)(H2,4,5,6);;;;/q;4*+1;;4*-1. The van der Waals surface area contributed by atoms with E-state index in [1.165, 1.54) is 0 Å². The Labute approximate surface area is 202 Å². The smallest absolute Gasteiger partial charge is 1.00 e. The molecule has 0 amide bonds. The minimum Gasteiger partial charge on any atom is -1.00 e. The van der Waals surface area contributed by atoms with E-state index in [1.807, 2.05) is 0 Å². The second kappa shape index (κ2) is 16.2. The van der Waals surface area contributed by atoms with Crippen LogP contribution in [0.25, 0.3) is 0 Å². The van der Waals surface area contributed by atoms with Crippen molar-refractivity contribution in [3.8, 4) is 0 Å². The van der Waals surface area contributed by atoms with Crippen LogP contribution in [0.15, 0.2) is 0 Å². The molecular formula is H9ClKNa3O7P2. The molecule has 0 aromatic rings. The van der Waals surface area contributed by atoms with Crippen molar-refractivity contribution in [2.75, 3.05) is 0 Å². The van der Waals surface area contributed by atoms with Crippen molar-refractivity contribution in [1.29, 1.82) is 0 Å². The molecule has 0 rings (SSSR count). The van der Waals surface area contributed by atoms with Crippen LogP contribution in [0.1, 0.15) is 5.71 Å². The number of rotatable bonds is 2. The third kappa shape index (κ3) is 36.0. The maximum atomic E-state index is 9.63. The van der Waals surface area contributed by atoms with Gasteiger partial charge in [0.05, 0.1) is 0 Å². The molecule has 0 atom stereocenters. The summed E-state index contributed by atoms with van der Waals surface area (Å²) in [7, 11) is -10.1. The van der Waals surface area contributed by atoms with Crippen molar-refractivity contribution >= 4 is 28.1 Å².